The first-order chi connectivity index (χ1) is 13.8. The summed E-state index contributed by atoms with van der Waals surface area (Å²) in [4.78, 5) is 13.1. The second-order valence-electron chi connectivity index (χ2n) is 8.49. The average Bonchev–Trinajstić information content (AvgIpc) is 3.20. The molecule has 1 unspecified atom stereocenters. The van der Waals surface area contributed by atoms with Gasteiger partial charge in [0.05, 0.1) is 5.56 Å². The average molecular weight is 417 g/mol. The number of hydrogen-bond acceptors (Lipinski definition) is 6. The van der Waals surface area contributed by atoms with Gasteiger partial charge in [0.25, 0.3) is 0 Å². The highest BCUT2D eigenvalue weighted by Crippen LogP contribution is 2.48. The minimum absolute atomic E-state index is 0.151. The van der Waals surface area contributed by atoms with E-state index in [1.54, 1.807) is 0 Å². The lowest BCUT2D eigenvalue weighted by molar-refractivity contribution is 0.0695. The van der Waals surface area contributed by atoms with Crippen molar-refractivity contribution in [3.63, 3.8) is 0 Å². The summed E-state index contributed by atoms with van der Waals surface area (Å²) in [5.74, 6) is -0.941. The van der Waals surface area contributed by atoms with Crippen molar-refractivity contribution >= 4 is 28.0 Å². The van der Waals surface area contributed by atoms with E-state index in [2.05, 4.69) is 24.5 Å². The first-order valence-corrected chi connectivity index (χ1v) is 10.9. The number of carboxylic acids is 1. The highest BCUT2D eigenvalue weighted by molar-refractivity contribution is 7.16. The standard InChI is InChI=1S/C22H28N2O4S/c1-22(2)10-7-16-18(22)17(21(26)27)20(29-16)24-19(25)13-3-5-14(6-4-13)23-15-8-11-28-12-9-15/h3-6,15,19,23-25H,7-12H2,1-2H3,(H,26,27). The molecule has 1 atom stereocenters. The Morgan fingerprint density at radius 1 is 1.24 bits per heavy atom. The number of anilines is 2. The molecule has 0 spiro atoms. The van der Waals surface area contributed by atoms with E-state index >= 15 is 0 Å². The van der Waals surface area contributed by atoms with Crippen LogP contribution in [0.2, 0.25) is 0 Å². The van der Waals surface area contributed by atoms with Crippen LogP contribution in [0.15, 0.2) is 24.3 Å². The van der Waals surface area contributed by atoms with Crippen molar-refractivity contribution in [1.29, 1.82) is 0 Å². The Morgan fingerprint density at radius 2 is 1.93 bits per heavy atom. The molecule has 4 rings (SSSR count). The Kier molecular flexibility index (Phi) is 5.55. The van der Waals surface area contributed by atoms with Gasteiger partial charge in [0.2, 0.25) is 0 Å². The minimum atomic E-state index is -0.966. The van der Waals surface area contributed by atoms with Crippen molar-refractivity contribution in [1.82, 2.24) is 0 Å². The predicted molar refractivity (Wildman–Crippen MR) is 115 cm³/mol. The van der Waals surface area contributed by atoms with Crippen molar-refractivity contribution in [3.05, 3.63) is 45.8 Å². The molecule has 0 bridgehead atoms. The number of hydrogen-bond donors (Lipinski definition) is 4. The Hall–Kier alpha value is -2.09. The Balaban J connectivity index is 1.48. The van der Waals surface area contributed by atoms with Crippen LogP contribution in [-0.2, 0) is 16.6 Å². The van der Waals surface area contributed by atoms with Gasteiger partial charge < -0.3 is 25.6 Å². The third-order valence-corrected chi connectivity index (χ3v) is 7.12. The van der Waals surface area contributed by atoms with Crippen LogP contribution in [0.25, 0.3) is 0 Å². The molecule has 1 aromatic carbocycles. The van der Waals surface area contributed by atoms with Crippen molar-refractivity contribution in [2.24, 2.45) is 0 Å². The Morgan fingerprint density at radius 3 is 2.59 bits per heavy atom. The second-order valence-corrected chi connectivity index (χ2v) is 9.60. The molecule has 1 saturated heterocycles. The van der Waals surface area contributed by atoms with Crippen LogP contribution in [0, 0.1) is 0 Å². The van der Waals surface area contributed by atoms with Crippen LogP contribution in [0.1, 0.15) is 65.7 Å². The van der Waals surface area contributed by atoms with E-state index < -0.39 is 12.2 Å². The molecular weight excluding hydrogens is 388 g/mol. The number of rotatable bonds is 6. The molecule has 1 aliphatic heterocycles. The molecule has 1 aliphatic carbocycles. The zero-order valence-corrected chi connectivity index (χ0v) is 17.6. The van der Waals surface area contributed by atoms with Gasteiger partial charge in [-0.25, -0.2) is 4.79 Å². The quantitative estimate of drug-likeness (QED) is 0.523. The SMILES string of the molecule is CC1(C)CCc2sc(NC(O)c3ccc(NC4CCOCC4)cc3)c(C(=O)O)c21. The number of carboxylic acid groups (broad SMARTS) is 1. The normalized spacial score (nSPS) is 19.6. The van der Waals surface area contributed by atoms with Gasteiger partial charge in [-0.15, -0.1) is 11.3 Å². The van der Waals surface area contributed by atoms with Crippen molar-refractivity contribution in [3.8, 4) is 0 Å². The Bertz CT molecular complexity index is 885. The number of aromatic carboxylic acids is 1. The molecule has 7 heteroatoms. The second kappa shape index (κ2) is 7.97. The van der Waals surface area contributed by atoms with Crippen LogP contribution < -0.4 is 10.6 Å². The summed E-state index contributed by atoms with van der Waals surface area (Å²) in [6.45, 7) is 5.74. The van der Waals surface area contributed by atoms with Gasteiger partial charge >= 0.3 is 5.97 Å². The molecule has 0 radical (unpaired) electrons. The fourth-order valence-electron chi connectivity index (χ4n) is 4.27. The van der Waals surface area contributed by atoms with E-state index in [0.29, 0.717) is 22.2 Å². The number of nitrogens with one attached hydrogen (secondary N) is 2. The first-order valence-electron chi connectivity index (χ1n) is 10.1. The van der Waals surface area contributed by atoms with Crippen LogP contribution in [-0.4, -0.2) is 35.4 Å². The lowest BCUT2D eigenvalue weighted by Crippen LogP contribution is -2.27. The minimum Gasteiger partial charge on any atom is -0.478 e. The van der Waals surface area contributed by atoms with Crippen molar-refractivity contribution in [2.45, 2.75) is 57.2 Å². The third kappa shape index (κ3) is 4.13. The summed E-state index contributed by atoms with van der Waals surface area (Å²) < 4.78 is 5.38. The van der Waals surface area contributed by atoms with E-state index in [4.69, 9.17) is 4.74 Å². The smallest absolute Gasteiger partial charge is 0.339 e. The Labute approximate surface area is 174 Å². The topological polar surface area (TPSA) is 90.8 Å². The van der Waals surface area contributed by atoms with Crippen molar-refractivity contribution in [2.75, 3.05) is 23.8 Å². The number of fused-ring (bicyclic) bond motifs is 1. The molecule has 0 saturated carbocycles. The van der Waals surface area contributed by atoms with Crippen LogP contribution in [0.3, 0.4) is 0 Å². The highest BCUT2D eigenvalue weighted by Gasteiger charge is 2.38. The summed E-state index contributed by atoms with van der Waals surface area (Å²) >= 11 is 1.45. The van der Waals surface area contributed by atoms with E-state index in [1.165, 1.54) is 11.3 Å². The maximum atomic E-state index is 12.0. The molecule has 4 N–H and O–H groups in total. The molecular formula is C22H28N2O4S. The van der Waals surface area contributed by atoms with Gasteiger partial charge in [-0.3, -0.25) is 0 Å². The van der Waals surface area contributed by atoms with Gasteiger partial charge in [-0.1, -0.05) is 26.0 Å². The lowest BCUT2D eigenvalue weighted by atomic mass is 9.85. The molecule has 2 heterocycles. The van der Waals surface area contributed by atoms with E-state index in [0.717, 1.165) is 55.0 Å². The third-order valence-electron chi connectivity index (χ3n) is 5.94. The monoisotopic (exact) mass is 416 g/mol. The summed E-state index contributed by atoms with van der Waals surface area (Å²) in [6.07, 6.45) is 2.86. The molecule has 29 heavy (non-hydrogen) atoms. The number of thiophene rings is 1. The molecule has 2 aliphatic rings. The largest absolute Gasteiger partial charge is 0.478 e. The zero-order valence-electron chi connectivity index (χ0n) is 16.8. The number of carbonyl (C=O) groups is 1. The summed E-state index contributed by atoms with van der Waals surface area (Å²) in [7, 11) is 0. The van der Waals surface area contributed by atoms with Crippen molar-refractivity contribution < 1.29 is 19.7 Å². The maximum absolute atomic E-state index is 12.0. The van der Waals surface area contributed by atoms with Gasteiger partial charge in [0.1, 0.15) is 5.00 Å². The molecule has 2 aromatic rings. The summed E-state index contributed by atoms with van der Waals surface area (Å²) in [6, 6.07) is 8.04. The first kappa shape index (κ1) is 20.2. The van der Waals surface area contributed by atoms with E-state index in [-0.39, 0.29) is 5.41 Å². The fraction of sp³-hybridized carbons (Fsp3) is 0.500. The van der Waals surface area contributed by atoms with Crippen LogP contribution in [0.4, 0.5) is 10.7 Å². The highest BCUT2D eigenvalue weighted by atomic mass is 32.1. The predicted octanol–water partition coefficient (Wildman–Crippen LogP) is 4.36. The number of ether oxygens (including phenoxy) is 1. The van der Waals surface area contributed by atoms with Gasteiger partial charge in [-0.05, 0) is 48.8 Å². The summed E-state index contributed by atoms with van der Waals surface area (Å²) in [5.41, 5.74) is 2.79. The van der Waals surface area contributed by atoms with E-state index in [9.17, 15) is 15.0 Å². The van der Waals surface area contributed by atoms with Gasteiger partial charge in [0, 0.05) is 35.4 Å². The van der Waals surface area contributed by atoms with E-state index in [1.807, 2.05) is 24.3 Å². The number of benzene rings is 1. The van der Waals surface area contributed by atoms with Crippen LogP contribution in [0.5, 0.6) is 0 Å². The lowest BCUT2D eigenvalue weighted by Gasteiger charge is -2.24. The van der Waals surface area contributed by atoms with Gasteiger partial charge in [-0.2, -0.15) is 0 Å². The zero-order chi connectivity index (χ0) is 20.6. The van der Waals surface area contributed by atoms with Crippen LogP contribution >= 0.6 is 11.3 Å². The van der Waals surface area contributed by atoms with Gasteiger partial charge in [0.15, 0.2) is 6.23 Å². The molecule has 1 fully saturated rings. The number of aryl methyl sites for hydroxylation is 1. The molecule has 1 aromatic heterocycles. The number of aliphatic hydroxyl groups is 1. The molecule has 6 nitrogen and oxygen atoms in total. The fourth-order valence-corrected chi connectivity index (χ4v) is 5.67. The molecule has 0 amide bonds. The summed E-state index contributed by atoms with van der Waals surface area (Å²) in [5, 5.41) is 27.5. The maximum Gasteiger partial charge on any atom is 0.339 e. The molecule has 156 valence electrons. The number of aliphatic hydroxyl groups excluding tert-OH is 1.